The van der Waals surface area contributed by atoms with E-state index < -0.39 is 11.2 Å². The number of ketones is 1. The average Bonchev–Trinajstić information content (AvgIpc) is 2.48. The zero-order chi connectivity index (χ0) is 17.2. The van der Waals surface area contributed by atoms with E-state index in [1.165, 1.54) is 12.1 Å². The normalized spacial score (nSPS) is 19.4. The third-order valence-corrected chi connectivity index (χ3v) is 4.04. The summed E-state index contributed by atoms with van der Waals surface area (Å²) in [5, 5.41) is 1.56. The molecule has 126 valence electrons. The number of carbonyl (C=O) groups excluding carboxylic acids is 2. The molecule has 0 amide bonds. The molecule has 1 aromatic carbocycles. The molecular weight excluding hydrogens is 297 g/mol. The van der Waals surface area contributed by atoms with Gasteiger partial charge in [-0.3, -0.25) is 4.79 Å². The van der Waals surface area contributed by atoms with Crippen molar-refractivity contribution in [3.8, 4) is 0 Å². The SMILES string of the molecule is Cc1ccc(F)cc1C(=O)[C@@H]1CCCN(OC(=O)C(C)(C)C)C1. The molecule has 0 unspecified atom stereocenters. The summed E-state index contributed by atoms with van der Waals surface area (Å²) in [6.45, 7) is 8.14. The lowest BCUT2D eigenvalue weighted by molar-refractivity contribution is -0.206. The van der Waals surface area contributed by atoms with Gasteiger partial charge >= 0.3 is 5.97 Å². The molecular formula is C18H24FNO3. The minimum absolute atomic E-state index is 0.0847. The molecule has 1 aromatic rings. The number of aryl methyl sites for hydroxylation is 1. The van der Waals surface area contributed by atoms with E-state index in [0.717, 1.165) is 18.4 Å². The van der Waals surface area contributed by atoms with Gasteiger partial charge in [-0.2, -0.15) is 0 Å². The predicted octanol–water partition coefficient (Wildman–Crippen LogP) is 3.53. The molecule has 0 spiro atoms. The van der Waals surface area contributed by atoms with Crippen molar-refractivity contribution in [1.82, 2.24) is 5.06 Å². The van der Waals surface area contributed by atoms with E-state index in [1.807, 2.05) is 0 Å². The summed E-state index contributed by atoms with van der Waals surface area (Å²) in [6, 6.07) is 4.25. The fourth-order valence-electron chi connectivity index (χ4n) is 2.57. The van der Waals surface area contributed by atoms with Crippen LogP contribution in [0.3, 0.4) is 0 Å². The Kier molecular flexibility index (Phi) is 5.19. The highest BCUT2D eigenvalue weighted by Gasteiger charge is 2.32. The Morgan fingerprint density at radius 2 is 2.00 bits per heavy atom. The Balaban J connectivity index is 2.07. The monoisotopic (exact) mass is 321 g/mol. The summed E-state index contributed by atoms with van der Waals surface area (Å²) in [5.74, 6) is -1.09. The van der Waals surface area contributed by atoms with Crippen LogP contribution < -0.4 is 0 Å². The molecule has 5 heteroatoms. The van der Waals surface area contributed by atoms with E-state index in [1.54, 1.807) is 38.8 Å². The van der Waals surface area contributed by atoms with E-state index in [4.69, 9.17) is 4.84 Å². The van der Waals surface area contributed by atoms with Crippen LogP contribution in [0.2, 0.25) is 0 Å². The Labute approximate surface area is 136 Å². The van der Waals surface area contributed by atoms with Crippen molar-refractivity contribution in [2.75, 3.05) is 13.1 Å². The second-order valence-corrected chi connectivity index (χ2v) is 7.18. The van der Waals surface area contributed by atoms with Crippen LogP contribution in [-0.2, 0) is 9.63 Å². The van der Waals surface area contributed by atoms with Crippen LogP contribution in [0.1, 0.15) is 49.5 Å². The number of benzene rings is 1. The number of rotatable bonds is 3. The van der Waals surface area contributed by atoms with Gasteiger partial charge in [-0.05, 0) is 58.2 Å². The van der Waals surface area contributed by atoms with Gasteiger partial charge < -0.3 is 4.84 Å². The van der Waals surface area contributed by atoms with Crippen LogP contribution in [0.4, 0.5) is 4.39 Å². The first-order valence-corrected chi connectivity index (χ1v) is 7.96. The Bertz CT molecular complexity index is 607. The number of nitrogens with zero attached hydrogens (tertiary/aromatic N) is 1. The van der Waals surface area contributed by atoms with Crippen molar-refractivity contribution in [1.29, 1.82) is 0 Å². The maximum atomic E-state index is 13.4. The van der Waals surface area contributed by atoms with Crippen molar-refractivity contribution < 1.29 is 18.8 Å². The third-order valence-electron chi connectivity index (χ3n) is 4.04. The molecule has 0 N–H and O–H groups in total. The van der Waals surface area contributed by atoms with Crippen molar-refractivity contribution in [3.63, 3.8) is 0 Å². The lowest BCUT2D eigenvalue weighted by Gasteiger charge is -2.32. The molecule has 1 heterocycles. The quantitative estimate of drug-likeness (QED) is 0.799. The summed E-state index contributed by atoms with van der Waals surface area (Å²) in [6.07, 6.45) is 1.49. The lowest BCUT2D eigenvalue weighted by Crippen LogP contribution is -2.42. The van der Waals surface area contributed by atoms with Crippen LogP contribution in [0.15, 0.2) is 18.2 Å². The van der Waals surface area contributed by atoms with Crippen LogP contribution in [-0.4, -0.2) is 29.9 Å². The van der Waals surface area contributed by atoms with Crippen LogP contribution >= 0.6 is 0 Å². The van der Waals surface area contributed by atoms with Crippen molar-refractivity contribution in [3.05, 3.63) is 35.1 Å². The fraction of sp³-hybridized carbons (Fsp3) is 0.556. The molecule has 1 aliphatic rings. The number of carbonyl (C=O) groups is 2. The molecule has 2 rings (SSSR count). The highest BCUT2D eigenvalue weighted by Crippen LogP contribution is 2.25. The number of hydroxylamine groups is 2. The van der Waals surface area contributed by atoms with Crippen LogP contribution in [0, 0.1) is 24.1 Å². The maximum absolute atomic E-state index is 13.4. The summed E-state index contributed by atoms with van der Waals surface area (Å²) in [7, 11) is 0. The molecule has 1 saturated heterocycles. The topological polar surface area (TPSA) is 46.6 Å². The Hall–Kier alpha value is -1.75. The molecule has 1 aliphatic heterocycles. The second kappa shape index (κ2) is 6.79. The number of piperidine rings is 1. The molecule has 0 saturated carbocycles. The third kappa shape index (κ3) is 4.38. The van der Waals surface area contributed by atoms with Gasteiger partial charge in [0, 0.05) is 24.6 Å². The van der Waals surface area contributed by atoms with Crippen molar-refractivity contribution in [2.24, 2.45) is 11.3 Å². The second-order valence-electron chi connectivity index (χ2n) is 7.18. The molecule has 23 heavy (non-hydrogen) atoms. The Morgan fingerprint density at radius 1 is 1.30 bits per heavy atom. The molecule has 4 nitrogen and oxygen atoms in total. The zero-order valence-electron chi connectivity index (χ0n) is 14.2. The molecule has 0 bridgehead atoms. The minimum Gasteiger partial charge on any atom is -0.367 e. The van der Waals surface area contributed by atoms with Gasteiger partial charge in [0.25, 0.3) is 0 Å². The summed E-state index contributed by atoms with van der Waals surface area (Å²) in [4.78, 5) is 30.0. The van der Waals surface area contributed by atoms with E-state index in [9.17, 15) is 14.0 Å². The van der Waals surface area contributed by atoms with Crippen LogP contribution in [0.5, 0.6) is 0 Å². The lowest BCUT2D eigenvalue weighted by atomic mass is 9.89. The smallest absolute Gasteiger partial charge is 0.330 e. The highest BCUT2D eigenvalue weighted by atomic mass is 19.1. The zero-order valence-corrected chi connectivity index (χ0v) is 14.2. The molecule has 1 fully saturated rings. The maximum Gasteiger partial charge on any atom is 0.330 e. The van der Waals surface area contributed by atoms with Gasteiger partial charge in [0.05, 0.1) is 5.41 Å². The van der Waals surface area contributed by atoms with E-state index in [-0.39, 0.29) is 17.7 Å². The number of Topliss-reactive ketones (excluding diaryl/α,β-unsaturated/α-hetero) is 1. The van der Waals surface area contributed by atoms with Gasteiger partial charge in [-0.15, -0.1) is 5.06 Å². The number of hydrogen-bond acceptors (Lipinski definition) is 4. The van der Waals surface area contributed by atoms with E-state index >= 15 is 0 Å². The molecule has 0 aliphatic carbocycles. The highest BCUT2D eigenvalue weighted by molar-refractivity contribution is 5.99. The van der Waals surface area contributed by atoms with Crippen molar-refractivity contribution in [2.45, 2.75) is 40.5 Å². The first-order valence-electron chi connectivity index (χ1n) is 7.96. The molecule has 1 atom stereocenters. The van der Waals surface area contributed by atoms with Gasteiger partial charge in [-0.1, -0.05) is 6.07 Å². The standard InChI is InChI=1S/C18H24FNO3/c1-12-7-8-14(19)10-15(12)16(21)13-6-5-9-20(11-13)23-17(22)18(2,3)4/h7-8,10,13H,5-6,9,11H2,1-4H3/t13-/m1/s1. The summed E-state index contributed by atoms with van der Waals surface area (Å²) >= 11 is 0. The number of hydrogen-bond donors (Lipinski definition) is 0. The predicted molar refractivity (Wildman–Crippen MR) is 85.3 cm³/mol. The minimum atomic E-state index is -0.587. The van der Waals surface area contributed by atoms with Crippen molar-refractivity contribution >= 4 is 11.8 Å². The van der Waals surface area contributed by atoms with Gasteiger partial charge in [0.1, 0.15) is 5.82 Å². The first kappa shape index (κ1) is 17.6. The Morgan fingerprint density at radius 3 is 2.65 bits per heavy atom. The van der Waals surface area contributed by atoms with E-state index in [0.29, 0.717) is 18.7 Å². The van der Waals surface area contributed by atoms with Crippen LogP contribution in [0.25, 0.3) is 0 Å². The summed E-state index contributed by atoms with van der Waals surface area (Å²) in [5.41, 5.74) is 0.593. The summed E-state index contributed by atoms with van der Waals surface area (Å²) < 4.78 is 13.4. The average molecular weight is 321 g/mol. The largest absolute Gasteiger partial charge is 0.367 e. The van der Waals surface area contributed by atoms with Gasteiger partial charge in [0.15, 0.2) is 5.78 Å². The molecule has 0 radical (unpaired) electrons. The number of halogens is 1. The van der Waals surface area contributed by atoms with Gasteiger partial charge in [0.2, 0.25) is 0 Å². The van der Waals surface area contributed by atoms with Gasteiger partial charge in [-0.25, -0.2) is 9.18 Å². The first-order chi connectivity index (χ1) is 10.7. The fourth-order valence-corrected chi connectivity index (χ4v) is 2.57. The molecule has 0 aromatic heterocycles. The van der Waals surface area contributed by atoms with E-state index in [2.05, 4.69) is 0 Å².